The van der Waals surface area contributed by atoms with Gasteiger partial charge in [0.2, 0.25) is 0 Å². The molecule has 6 heteroatoms. The molecule has 0 saturated carbocycles. The van der Waals surface area contributed by atoms with E-state index in [1.54, 1.807) is 0 Å². The van der Waals surface area contributed by atoms with E-state index >= 15 is 0 Å². The maximum Gasteiger partial charge on any atom is 0.129 e. The fraction of sp³-hybridized carbons (Fsp3) is 0.481. The minimum absolute atomic E-state index is 0.200. The summed E-state index contributed by atoms with van der Waals surface area (Å²) in [6, 6.07) is 12.2. The number of halogens is 2. The molecule has 1 fully saturated rings. The van der Waals surface area contributed by atoms with E-state index in [4.69, 9.17) is 10.5 Å². The van der Waals surface area contributed by atoms with Crippen LogP contribution in [-0.2, 0) is 11.2 Å². The average Bonchev–Trinajstić information content (AvgIpc) is 3.42. The van der Waals surface area contributed by atoms with Crippen LogP contribution < -0.4 is 10.6 Å². The molecule has 4 nitrogen and oxygen atoms in total. The molecule has 5 rings (SSSR count). The van der Waals surface area contributed by atoms with Crippen molar-refractivity contribution < 1.29 is 13.5 Å². The van der Waals surface area contributed by atoms with Gasteiger partial charge in [0.25, 0.3) is 0 Å². The van der Waals surface area contributed by atoms with Crippen LogP contribution in [0.4, 0.5) is 14.5 Å². The molecule has 3 aliphatic rings. The highest BCUT2D eigenvalue weighted by atomic mass is 19.1. The summed E-state index contributed by atoms with van der Waals surface area (Å²) in [4.78, 5) is 4.87. The van der Waals surface area contributed by atoms with E-state index in [2.05, 4.69) is 41.0 Å². The lowest BCUT2D eigenvalue weighted by molar-refractivity contribution is -0.0466. The summed E-state index contributed by atoms with van der Waals surface area (Å²) in [6.45, 7) is 10.4. The SMILES string of the molecule is CC.CCc1ccc(N2CC3=C(C2)CN(C2CO[C@H](c4cc(F)ccc4F)C(N)C2)C3)cc1. The topological polar surface area (TPSA) is 41.7 Å². The fourth-order valence-corrected chi connectivity index (χ4v) is 5.15. The zero-order valence-electron chi connectivity index (χ0n) is 19.9. The molecule has 2 N–H and O–H groups in total. The molecule has 2 aromatic rings. The van der Waals surface area contributed by atoms with Crippen molar-refractivity contribution in [2.24, 2.45) is 5.73 Å². The van der Waals surface area contributed by atoms with Crippen molar-refractivity contribution in [3.63, 3.8) is 0 Å². The Morgan fingerprint density at radius 2 is 1.64 bits per heavy atom. The Balaban J connectivity index is 0.00000126. The van der Waals surface area contributed by atoms with Gasteiger partial charge in [-0.25, -0.2) is 8.78 Å². The van der Waals surface area contributed by atoms with Crippen molar-refractivity contribution in [3.05, 3.63) is 76.4 Å². The Kier molecular flexibility index (Phi) is 7.47. The van der Waals surface area contributed by atoms with Gasteiger partial charge in [0.1, 0.15) is 17.7 Å². The summed E-state index contributed by atoms with van der Waals surface area (Å²) in [7, 11) is 0. The van der Waals surface area contributed by atoms with Crippen molar-refractivity contribution >= 4 is 5.69 Å². The maximum atomic E-state index is 14.2. The predicted octanol–water partition coefficient (Wildman–Crippen LogP) is 4.84. The first-order valence-corrected chi connectivity index (χ1v) is 12.1. The number of benzene rings is 2. The molecule has 0 radical (unpaired) electrons. The molecule has 0 spiro atoms. The van der Waals surface area contributed by atoms with Crippen LogP contribution in [0.15, 0.2) is 53.6 Å². The lowest BCUT2D eigenvalue weighted by Gasteiger charge is -2.39. The first kappa shape index (κ1) is 23.9. The molecular weight excluding hydrogens is 420 g/mol. The Hall–Kier alpha value is -2.28. The third-order valence-electron chi connectivity index (χ3n) is 6.94. The van der Waals surface area contributed by atoms with Crippen LogP contribution in [0.25, 0.3) is 0 Å². The standard InChI is InChI=1S/C25H29F2N3O.C2H6/c1-2-16-3-6-20(7-4-16)29-11-17-13-30(14-18(17)12-29)21-10-24(28)25(31-15-21)22-9-19(26)5-8-23(22)27;1-2/h3-9,21,24-25H,2,10-15,28H2,1H3;1-2H3/t21?,24?,25-;/m1./s1. The number of nitrogens with zero attached hydrogens (tertiary/aromatic N) is 2. The highest BCUT2D eigenvalue weighted by Gasteiger charge is 2.38. The lowest BCUT2D eigenvalue weighted by Crippen LogP contribution is -2.49. The van der Waals surface area contributed by atoms with Gasteiger partial charge in [0, 0.05) is 49.5 Å². The monoisotopic (exact) mass is 455 g/mol. The number of hydrogen-bond donors (Lipinski definition) is 1. The van der Waals surface area contributed by atoms with Gasteiger partial charge in [-0.3, -0.25) is 4.90 Å². The lowest BCUT2D eigenvalue weighted by atomic mass is 9.93. The Labute approximate surface area is 196 Å². The number of nitrogens with two attached hydrogens (primary N) is 1. The third-order valence-corrected chi connectivity index (χ3v) is 6.94. The van der Waals surface area contributed by atoms with Crippen molar-refractivity contribution in [3.8, 4) is 0 Å². The number of anilines is 1. The van der Waals surface area contributed by atoms with Crippen LogP contribution in [0.5, 0.6) is 0 Å². The molecule has 3 atom stereocenters. The minimum atomic E-state index is -0.601. The average molecular weight is 456 g/mol. The number of hydrogen-bond acceptors (Lipinski definition) is 4. The van der Waals surface area contributed by atoms with Gasteiger partial charge in [-0.05, 0) is 59.9 Å². The first-order chi connectivity index (χ1) is 16.0. The minimum Gasteiger partial charge on any atom is -0.370 e. The summed E-state index contributed by atoms with van der Waals surface area (Å²) in [5.41, 5.74) is 12.2. The number of rotatable bonds is 4. The second-order valence-electron chi connectivity index (χ2n) is 8.96. The number of ether oxygens (including phenoxy) is 1. The van der Waals surface area contributed by atoms with Crippen LogP contribution >= 0.6 is 0 Å². The van der Waals surface area contributed by atoms with E-state index in [0.29, 0.717) is 13.0 Å². The molecule has 2 unspecified atom stereocenters. The second kappa shape index (κ2) is 10.3. The summed E-state index contributed by atoms with van der Waals surface area (Å²) in [5, 5.41) is 0. The Morgan fingerprint density at radius 3 is 2.24 bits per heavy atom. The third kappa shape index (κ3) is 4.98. The first-order valence-electron chi connectivity index (χ1n) is 12.1. The van der Waals surface area contributed by atoms with Gasteiger partial charge in [0.15, 0.2) is 0 Å². The van der Waals surface area contributed by atoms with E-state index < -0.39 is 17.7 Å². The molecule has 0 aliphatic carbocycles. The van der Waals surface area contributed by atoms with Crippen LogP contribution in [-0.4, -0.2) is 49.8 Å². The van der Waals surface area contributed by atoms with Crippen LogP contribution in [0.1, 0.15) is 44.4 Å². The van der Waals surface area contributed by atoms with E-state index in [1.165, 1.54) is 28.5 Å². The molecule has 0 amide bonds. The quantitative estimate of drug-likeness (QED) is 0.670. The van der Waals surface area contributed by atoms with E-state index in [9.17, 15) is 8.78 Å². The van der Waals surface area contributed by atoms with Crippen molar-refractivity contribution in [2.45, 2.75) is 51.8 Å². The molecular formula is C27H35F2N3O. The predicted molar refractivity (Wildman–Crippen MR) is 129 cm³/mol. The maximum absolute atomic E-state index is 14.2. The highest BCUT2D eigenvalue weighted by Crippen LogP contribution is 2.35. The molecule has 3 heterocycles. The number of aryl methyl sites for hydroxylation is 1. The molecule has 0 bridgehead atoms. The summed E-state index contributed by atoms with van der Waals surface area (Å²) < 4.78 is 33.7. The van der Waals surface area contributed by atoms with Gasteiger partial charge in [0.05, 0.1) is 6.61 Å². The van der Waals surface area contributed by atoms with Gasteiger partial charge >= 0.3 is 0 Å². The van der Waals surface area contributed by atoms with Crippen molar-refractivity contribution in [1.29, 1.82) is 0 Å². The van der Waals surface area contributed by atoms with E-state index in [1.807, 2.05) is 13.8 Å². The zero-order chi connectivity index (χ0) is 23.5. The van der Waals surface area contributed by atoms with E-state index in [-0.39, 0.29) is 17.6 Å². The summed E-state index contributed by atoms with van der Waals surface area (Å²) in [6.07, 6.45) is 1.17. The molecule has 33 heavy (non-hydrogen) atoms. The second-order valence-corrected chi connectivity index (χ2v) is 8.96. The van der Waals surface area contributed by atoms with Crippen molar-refractivity contribution in [2.75, 3.05) is 37.7 Å². The van der Waals surface area contributed by atoms with Gasteiger partial charge in [-0.1, -0.05) is 32.9 Å². The van der Waals surface area contributed by atoms with Gasteiger partial charge < -0.3 is 15.4 Å². The van der Waals surface area contributed by atoms with Crippen LogP contribution in [0.2, 0.25) is 0 Å². The highest BCUT2D eigenvalue weighted by molar-refractivity contribution is 5.54. The molecule has 0 aromatic heterocycles. The van der Waals surface area contributed by atoms with Gasteiger partial charge in [-0.2, -0.15) is 0 Å². The Bertz CT molecular complexity index is 973. The fourth-order valence-electron chi connectivity index (χ4n) is 5.15. The summed E-state index contributed by atoms with van der Waals surface area (Å²) >= 11 is 0. The molecule has 2 aromatic carbocycles. The molecule has 1 saturated heterocycles. The molecule has 178 valence electrons. The Morgan fingerprint density at radius 1 is 0.970 bits per heavy atom. The van der Waals surface area contributed by atoms with Crippen LogP contribution in [0, 0.1) is 11.6 Å². The summed E-state index contributed by atoms with van der Waals surface area (Å²) in [5.74, 6) is -0.933. The normalized spacial score (nSPS) is 25.2. The largest absolute Gasteiger partial charge is 0.370 e. The van der Waals surface area contributed by atoms with E-state index in [0.717, 1.165) is 44.7 Å². The zero-order valence-corrected chi connectivity index (χ0v) is 19.9. The van der Waals surface area contributed by atoms with Gasteiger partial charge in [-0.15, -0.1) is 0 Å². The van der Waals surface area contributed by atoms with Crippen molar-refractivity contribution in [1.82, 2.24) is 4.90 Å². The smallest absolute Gasteiger partial charge is 0.129 e. The van der Waals surface area contributed by atoms with Crippen LogP contribution in [0.3, 0.4) is 0 Å². The molecule has 3 aliphatic heterocycles.